The molecule has 1 aliphatic carbocycles. The molecule has 0 fully saturated rings. The Morgan fingerprint density at radius 3 is 2.33 bits per heavy atom. The largest absolute Gasteiger partial charge is 0.309 e. The van der Waals surface area contributed by atoms with Gasteiger partial charge in [-0.1, -0.05) is 83.8 Å². The Hall–Kier alpha value is -2.55. The van der Waals surface area contributed by atoms with Crippen molar-refractivity contribution in [3.05, 3.63) is 99.5 Å². The fourth-order valence-electron chi connectivity index (χ4n) is 5.11. The molecule has 0 N–H and O–H groups in total. The van der Waals surface area contributed by atoms with Crippen molar-refractivity contribution in [3.8, 4) is 16.8 Å². The van der Waals surface area contributed by atoms with Crippen LogP contribution < -0.4 is 0 Å². The first kappa shape index (κ1) is 18.2. The zero-order valence-electron chi connectivity index (χ0n) is 16.7. The topological polar surface area (TPSA) is 4.93 Å². The van der Waals surface area contributed by atoms with E-state index in [1.807, 2.05) is 12.1 Å². The van der Waals surface area contributed by atoms with Gasteiger partial charge in [0.2, 0.25) is 0 Å². The summed E-state index contributed by atoms with van der Waals surface area (Å²) in [7, 11) is 0. The van der Waals surface area contributed by atoms with Crippen LogP contribution in [0.1, 0.15) is 25.0 Å². The summed E-state index contributed by atoms with van der Waals surface area (Å²) < 4.78 is 3.30. The van der Waals surface area contributed by atoms with Crippen molar-refractivity contribution in [2.45, 2.75) is 19.3 Å². The highest BCUT2D eigenvalue weighted by Crippen LogP contribution is 2.50. The number of hydrogen-bond acceptors (Lipinski definition) is 0. The number of hydrogen-bond donors (Lipinski definition) is 0. The highest BCUT2D eigenvalue weighted by atomic mass is 79.9. The van der Waals surface area contributed by atoms with Crippen LogP contribution in [0.15, 0.2) is 83.3 Å². The summed E-state index contributed by atoms with van der Waals surface area (Å²) in [6.07, 6.45) is 0. The van der Waals surface area contributed by atoms with Crippen molar-refractivity contribution < 1.29 is 0 Å². The Labute approximate surface area is 189 Å². The first-order valence-electron chi connectivity index (χ1n) is 10.1. The summed E-state index contributed by atoms with van der Waals surface area (Å²) in [5.74, 6) is 0. The lowest BCUT2D eigenvalue weighted by atomic mass is 9.82. The van der Waals surface area contributed by atoms with Crippen LogP contribution in [0, 0.1) is 0 Å². The minimum atomic E-state index is -0.0115. The van der Waals surface area contributed by atoms with E-state index in [9.17, 15) is 0 Å². The van der Waals surface area contributed by atoms with Gasteiger partial charge < -0.3 is 4.57 Å². The molecular weight excluding hydrogens is 454 g/mol. The van der Waals surface area contributed by atoms with Gasteiger partial charge in [0.05, 0.1) is 11.0 Å². The third kappa shape index (κ3) is 2.41. The Kier molecular flexibility index (Phi) is 3.79. The lowest BCUT2D eigenvalue weighted by molar-refractivity contribution is 0.661. The predicted octanol–water partition coefficient (Wildman–Crippen LogP) is 8.51. The molecule has 0 amide bonds. The average molecular weight is 473 g/mol. The Morgan fingerprint density at radius 2 is 1.50 bits per heavy atom. The van der Waals surface area contributed by atoms with E-state index in [-0.39, 0.29) is 5.41 Å². The Morgan fingerprint density at radius 1 is 0.733 bits per heavy atom. The van der Waals surface area contributed by atoms with Crippen LogP contribution in [-0.2, 0) is 5.41 Å². The van der Waals surface area contributed by atoms with Crippen molar-refractivity contribution in [1.29, 1.82) is 0 Å². The molecule has 30 heavy (non-hydrogen) atoms. The standard InChI is InChI=1S/C27H19BrClN/c1-27(2)23-9-5-3-7-19(23)21-15-26-22(14-24(21)27)20-8-4-6-10-25(20)30(26)18-12-16(28)11-17(29)13-18/h3-15H,1-2H3. The molecule has 0 unspecified atom stereocenters. The first-order valence-corrected chi connectivity index (χ1v) is 11.3. The summed E-state index contributed by atoms with van der Waals surface area (Å²) in [6, 6.07) is 28.3. The molecule has 0 saturated heterocycles. The molecule has 1 aromatic heterocycles. The molecule has 0 bridgehead atoms. The third-order valence-electron chi connectivity index (χ3n) is 6.48. The second-order valence-electron chi connectivity index (χ2n) is 8.57. The smallest absolute Gasteiger partial charge is 0.0547 e. The number of aromatic nitrogens is 1. The maximum Gasteiger partial charge on any atom is 0.0547 e. The minimum absolute atomic E-state index is 0.0115. The lowest BCUT2D eigenvalue weighted by Crippen LogP contribution is -2.14. The zero-order valence-corrected chi connectivity index (χ0v) is 19.1. The summed E-state index contributed by atoms with van der Waals surface area (Å²) in [4.78, 5) is 0. The van der Waals surface area contributed by atoms with Gasteiger partial charge in [0.25, 0.3) is 0 Å². The molecule has 0 spiro atoms. The SMILES string of the molecule is CC1(C)c2ccccc2-c2cc3c(cc21)c1ccccc1n3-c1cc(Cl)cc(Br)c1. The highest BCUT2D eigenvalue weighted by Gasteiger charge is 2.36. The number of rotatable bonds is 1. The predicted molar refractivity (Wildman–Crippen MR) is 131 cm³/mol. The van der Waals surface area contributed by atoms with E-state index in [0.717, 1.165) is 15.2 Å². The van der Waals surface area contributed by atoms with Crippen LogP contribution in [0.2, 0.25) is 5.02 Å². The molecule has 4 aromatic carbocycles. The van der Waals surface area contributed by atoms with Crippen molar-refractivity contribution >= 4 is 49.3 Å². The van der Waals surface area contributed by atoms with Gasteiger partial charge in [0, 0.05) is 31.4 Å². The van der Waals surface area contributed by atoms with Crippen LogP contribution in [0.25, 0.3) is 38.6 Å². The van der Waals surface area contributed by atoms with Crippen LogP contribution >= 0.6 is 27.5 Å². The van der Waals surface area contributed by atoms with Crippen LogP contribution in [0.3, 0.4) is 0 Å². The number of fused-ring (bicyclic) bond motifs is 6. The normalized spacial score (nSPS) is 14.3. The van der Waals surface area contributed by atoms with Gasteiger partial charge in [0.1, 0.15) is 0 Å². The lowest BCUT2D eigenvalue weighted by Gasteiger charge is -2.21. The summed E-state index contributed by atoms with van der Waals surface area (Å²) in [5, 5.41) is 3.26. The monoisotopic (exact) mass is 471 g/mol. The van der Waals surface area contributed by atoms with E-state index in [1.165, 1.54) is 44.1 Å². The van der Waals surface area contributed by atoms with Crippen LogP contribution in [0.4, 0.5) is 0 Å². The second kappa shape index (κ2) is 6.23. The minimum Gasteiger partial charge on any atom is -0.309 e. The van der Waals surface area contributed by atoms with Crippen LogP contribution in [-0.4, -0.2) is 4.57 Å². The van der Waals surface area contributed by atoms with E-state index in [2.05, 4.69) is 101 Å². The van der Waals surface area contributed by atoms with Crippen molar-refractivity contribution in [2.24, 2.45) is 0 Å². The summed E-state index contributed by atoms with van der Waals surface area (Å²) in [6.45, 7) is 4.66. The molecule has 0 radical (unpaired) electrons. The fraction of sp³-hybridized carbons (Fsp3) is 0.111. The van der Waals surface area contributed by atoms with Gasteiger partial charge in [0.15, 0.2) is 0 Å². The molecule has 0 aliphatic heterocycles. The molecular formula is C27H19BrClN. The molecule has 6 rings (SSSR count). The van der Waals surface area contributed by atoms with Gasteiger partial charge in [-0.25, -0.2) is 0 Å². The van der Waals surface area contributed by atoms with E-state index >= 15 is 0 Å². The Bertz CT molecular complexity index is 1470. The van der Waals surface area contributed by atoms with Crippen LogP contribution in [0.5, 0.6) is 0 Å². The molecule has 0 atom stereocenters. The maximum atomic E-state index is 6.42. The summed E-state index contributed by atoms with van der Waals surface area (Å²) >= 11 is 10.0. The second-order valence-corrected chi connectivity index (χ2v) is 9.92. The van der Waals surface area contributed by atoms with Gasteiger partial charge >= 0.3 is 0 Å². The first-order chi connectivity index (χ1) is 14.4. The molecule has 1 nitrogen and oxygen atoms in total. The average Bonchev–Trinajstić information content (AvgIpc) is 3.16. The number of benzene rings is 4. The van der Waals surface area contributed by atoms with Gasteiger partial charge in [-0.05, 0) is 58.7 Å². The van der Waals surface area contributed by atoms with E-state index < -0.39 is 0 Å². The van der Waals surface area contributed by atoms with E-state index in [1.54, 1.807) is 0 Å². The molecule has 5 aromatic rings. The van der Waals surface area contributed by atoms with E-state index in [0.29, 0.717) is 0 Å². The van der Waals surface area contributed by atoms with Gasteiger partial charge in [-0.15, -0.1) is 0 Å². The van der Waals surface area contributed by atoms with Crippen molar-refractivity contribution in [1.82, 2.24) is 4.57 Å². The number of halogens is 2. The quantitative estimate of drug-likeness (QED) is 0.230. The third-order valence-corrected chi connectivity index (χ3v) is 7.16. The summed E-state index contributed by atoms with van der Waals surface area (Å²) in [5.41, 5.74) is 8.90. The number of para-hydroxylation sites is 1. The highest BCUT2D eigenvalue weighted by molar-refractivity contribution is 9.10. The number of nitrogens with zero attached hydrogens (tertiary/aromatic N) is 1. The zero-order chi connectivity index (χ0) is 20.6. The van der Waals surface area contributed by atoms with Crippen molar-refractivity contribution in [2.75, 3.05) is 0 Å². The van der Waals surface area contributed by atoms with Gasteiger partial charge in [-0.3, -0.25) is 0 Å². The van der Waals surface area contributed by atoms with E-state index in [4.69, 9.17) is 11.6 Å². The Balaban J connectivity index is 1.78. The molecule has 1 heterocycles. The molecule has 146 valence electrons. The van der Waals surface area contributed by atoms with Gasteiger partial charge in [-0.2, -0.15) is 0 Å². The molecule has 0 saturated carbocycles. The molecule has 1 aliphatic rings. The fourth-order valence-corrected chi connectivity index (χ4v) is 5.95. The van der Waals surface area contributed by atoms with Crippen molar-refractivity contribution in [3.63, 3.8) is 0 Å². The molecule has 3 heteroatoms. The maximum absolute atomic E-state index is 6.42.